The van der Waals surface area contributed by atoms with Crippen LogP contribution in [0, 0.1) is 18.6 Å². The molecule has 3 nitrogen and oxygen atoms in total. The van der Waals surface area contributed by atoms with E-state index in [9.17, 15) is 13.9 Å². The van der Waals surface area contributed by atoms with Gasteiger partial charge in [-0.05, 0) is 36.8 Å². The van der Waals surface area contributed by atoms with Crippen molar-refractivity contribution >= 4 is 5.69 Å². The van der Waals surface area contributed by atoms with Crippen molar-refractivity contribution < 1.29 is 18.6 Å². The number of aliphatic hydroxyl groups is 1. The summed E-state index contributed by atoms with van der Waals surface area (Å²) in [6.45, 7) is 1.80. The van der Waals surface area contributed by atoms with Crippen LogP contribution < -0.4 is 10.1 Å². The average Bonchev–Trinajstić information content (AvgIpc) is 2.47. The van der Waals surface area contributed by atoms with Crippen LogP contribution in [0.4, 0.5) is 14.5 Å². The Balaban J connectivity index is 1.81. The van der Waals surface area contributed by atoms with Gasteiger partial charge in [-0.15, -0.1) is 0 Å². The summed E-state index contributed by atoms with van der Waals surface area (Å²) in [5, 5.41) is 12.7. The van der Waals surface area contributed by atoms with Crippen LogP contribution in [0.15, 0.2) is 42.5 Å². The lowest BCUT2D eigenvalue weighted by Gasteiger charge is -2.14. The zero-order valence-corrected chi connectivity index (χ0v) is 11.6. The van der Waals surface area contributed by atoms with Crippen molar-refractivity contribution in [2.24, 2.45) is 0 Å². The van der Waals surface area contributed by atoms with E-state index < -0.39 is 11.9 Å². The van der Waals surface area contributed by atoms with E-state index in [-0.39, 0.29) is 24.7 Å². The maximum absolute atomic E-state index is 13.3. The van der Waals surface area contributed by atoms with Gasteiger partial charge in [0.05, 0.1) is 0 Å². The van der Waals surface area contributed by atoms with E-state index in [1.54, 1.807) is 31.2 Å². The minimum Gasteiger partial charge on any atom is -0.488 e. The second-order valence-corrected chi connectivity index (χ2v) is 4.74. The van der Waals surface area contributed by atoms with Crippen molar-refractivity contribution in [3.8, 4) is 5.75 Å². The molecule has 112 valence electrons. The molecule has 0 radical (unpaired) electrons. The zero-order valence-electron chi connectivity index (χ0n) is 11.6. The lowest BCUT2D eigenvalue weighted by Crippen LogP contribution is -2.26. The molecular weight excluding hydrogens is 276 g/mol. The summed E-state index contributed by atoms with van der Waals surface area (Å²) in [6.07, 6.45) is -0.839. The highest BCUT2D eigenvalue weighted by Gasteiger charge is 2.08. The second kappa shape index (κ2) is 7.04. The Morgan fingerprint density at radius 1 is 1.14 bits per heavy atom. The van der Waals surface area contributed by atoms with Crippen LogP contribution in [0.25, 0.3) is 0 Å². The number of aryl methyl sites for hydroxylation is 1. The minimum absolute atomic E-state index is 0.0533. The number of hydrogen-bond acceptors (Lipinski definition) is 3. The highest BCUT2D eigenvalue weighted by Crippen LogP contribution is 2.16. The number of para-hydroxylation sites is 1. The van der Waals surface area contributed by atoms with Gasteiger partial charge in [-0.25, -0.2) is 8.78 Å². The van der Waals surface area contributed by atoms with Gasteiger partial charge in [0.25, 0.3) is 0 Å². The molecule has 2 N–H and O–H groups in total. The molecule has 21 heavy (non-hydrogen) atoms. The topological polar surface area (TPSA) is 41.5 Å². The van der Waals surface area contributed by atoms with Crippen molar-refractivity contribution in [2.75, 3.05) is 18.5 Å². The highest BCUT2D eigenvalue weighted by molar-refractivity contribution is 5.45. The smallest absolute Gasteiger partial charge is 0.165 e. The van der Waals surface area contributed by atoms with E-state index in [1.807, 2.05) is 0 Å². The fraction of sp³-hybridized carbons (Fsp3) is 0.250. The van der Waals surface area contributed by atoms with Gasteiger partial charge in [0.15, 0.2) is 11.6 Å². The predicted molar refractivity (Wildman–Crippen MR) is 77.5 cm³/mol. The zero-order chi connectivity index (χ0) is 15.2. The molecule has 0 bridgehead atoms. The summed E-state index contributed by atoms with van der Waals surface area (Å²) < 4.78 is 31.8. The van der Waals surface area contributed by atoms with Crippen molar-refractivity contribution in [3.05, 3.63) is 59.7 Å². The van der Waals surface area contributed by atoms with E-state index >= 15 is 0 Å². The molecule has 0 amide bonds. The lowest BCUT2D eigenvalue weighted by atomic mass is 10.2. The Bertz CT molecular complexity index is 605. The van der Waals surface area contributed by atoms with E-state index in [0.717, 1.165) is 0 Å². The molecule has 0 saturated heterocycles. The molecule has 1 atom stereocenters. The average molecular weight is 293 g/mol. The summed E-state index contributed by atoms with van der Waals surface area (Å²) in [6, 6.07) is 10.7. The number of hydrogen-bond donors (Lipinski definition) is 2. The van der Waals surface area contributed by atoms with E-state index in [0.29, 0.717) is 11.3 Å². The van der Waals surface area contributed by atoms with Gasteiger partial charge < -0.3 is 15.2 Å². The Hall–Kier alpha value is -2.14. The molecule has 1 unspecified atom stereocenters. The monoisotopic (exact) mass is 293 g/mol. The molecule has 2 rings (SSSR count). The summed E-state index contributed by atoms with van der Waals surface area (Å²) in [5.41, 5.74) is 1.13. The summed E-state index contributed by atoms with van der Waals surface area (Å²) in [5.74, 6) is -0.687. The number of ether oxygens (including phenoxy) is 1. The maximum Gasteiger partial charge on any atom is 0.165 e. The molecule has 2 aromatic carbocycles. The predicted octanol–water partition coefficient (Wildman–Crippen LogP) is 3.13. The third-order valence-corrected chi connectivity index (χ3v) is 2.98. The third-order valence-electron chi connectivity index (χ3n) is 2.98. The van der Waals surface area contributed by atoms with Crippen molar-refractivity contribution in [3.63, 3.8) is 0 Å². The van der Waals surface area contributed by atoms with Crippen molar-refractivity contribution in [1.29, 1.82) is 0 Å². The van der Waals surface area contributed by atoms with E-state index in [2.05, 4.69) is 5.32 Å². The Kier molecular flexibility index (Phi) is 5.11. The minimum atomic E-state index is -0.839. The Labute approximate surface area is 122 Å². The standard InChI is InChI=1S/C16H17F2NO2/c1-11-6-7-12(8-15(11)18)19-9-13(20)10-21-16-5-3-2-4-14(16)17/h2-8,13,19-20H,9-10H2,1H3. The third kappa shape index (κ3) is 4.43. The molecule has 0 heterocycles. The fourth-order valence-corrected chi connectivity index (χ4v) is 1.75. The number of nitrogens with one attached hydrogen (secondary N) is 1. The first-order valence-corrected chi connectivity index (χ1v) is 6.61. The van der Waals surface area contributed by atoms with Gasteiger partial charge in [0.2, 0.25) is 0 Å². The number of benzene rings is 2. The quantitative estimate of drug-likeness (QED) is 0.860. The van der Waals surface area contributed by atoms with Crippen LogP contribution in [-0.2, 0) is 0 Å². The molecule has 0 aliphatic carbocycles. The molecule has 2 aromatic rings. The van der Waals surface area contributed by atoms with Crippen LogP contribution in [0.3, 0.4) is 0 Å². The van der Waals surface area contributed by atoms with Crippen molar-refractivity contribution in [1.82, 2.24) is 0 Å². The molecule has 0 aromatic heterocycles. The Morgan fingerprint density at radius 3 is 2.62 bits per heavy atom. The first-order valence-electron chi connectivity index (χ1n) is 6.61. The molecule has 0 saturated carbocycles. The van der Waals surface area contributed by atoms with Crippen molar-refractivity contribution in [2.45, 2.75) is 13.0 Å². The van der Waals surface area contributed by atoms with Gasteiger partial charge in [0, 0.05) is 12.2 Å². The Morgan fingerprint density at radius 2 is 1.90 bits per heavy atom. The normalized spacial score (nSPS) is 12.0. The number of rotatable bonds is 6. The molecule has 0 fully saturated rings. The van der Waals surface area contributed by atoms with Gasteiger partial charge in [0.1, 0.15) is 18.5 Å². The fourth-order valence-electron chi connectivity index (χ4n) is 1.75. The summed E-state index contributed by atoms with van der Waals surface area (Å²) in [4.78, 5) is 0. The molecule has 0 aliphatic rings. The van der Waals surface area contributed by atoms with Crippen LogP contribution >= 0.6 is 0 Å². The highest BCUT2D eigenvalue weighted by atomic mass is 19.1. The van der Waals surface area contributed by atoms with Gasteiger partial charge in [-0.2, -0.15) is 0 Å². The van der Waals surface area contributed by atoms with Crippen LogP contribution in [0.2, 0.25) is 0 Å². The van der Waals surface area contributed by atoms with Gasteiger partial charge >= 0.3 is 0 Å². The van der Waals surface area contributed by atoms with Crippen LogP contribution in [0.1, 0.15) is 5.56 Å². The van der Waals surface area contributed by atoms with Crippen LogP contribution in [-0.4, -0.2) is 24.4 Å². The first-order chi connectivity index (χ1) is 10.1. The molecule has 0 aliphatic heterocycles. The molecule has 5 heteroatoms. The first kappa shape index (κ1) is 15.3. The van der Waals surface area contributed by atoms with E-state index in [1.165, 1.54) is 18.2 Å². The SMILES string of the molecule is Cc1ccc(NCC(O)COc2ccccc2F)cc1F. The number of anilines is 1. The summed E-state index contributed by atoms with van der Waals surface area (Å²) in [7, 11) is 0. The largest absolute Gasteiger partial charge is 0.488 e. The number of halogens is 2. The molecule has 0 spiro atoms. The lowest BCUT2D eigenvalue weighted by molar-refractivity contribution is 0.115. The maximum atomic E-state index is 13.3. The van der Waals surface area contributed by atoms with Crippen LogP contribution in [0.5, 0.6) is 5.75 Å². The van der Waals surface area contributed by atoms with Gasteiger partial charge in [-0.3, -0.25) is 0 Å². The number of aliphatic hydroxyl groups excluding tert-OH is 1. The second-order valence-electron chi connectivity index (χ2n) is 4.74. The van der Waals surface area contributed by atoms with E-state index in [4.69, 9.17) is 4.74 Å². The molecular formula is C16H17F2NO2. The van der Waals surface area contributed by atoms with Gasteiger partial charge in [-0.1, -0.05) is 18.2 Å². The summed E-state index contributed by atoms with van der Waals surface area (Å²) >= 11 is 0.